The molecule has 2 aliphatic heterocycles. The van der Waals surface area contributed by atoms with Crippen molar-refractivity contribution in [1.29, 1.82) is 0 Å². The molecule has 174 valence electrons. The van der Waals surface area contributed by atoms with Crippen LogP contribution in [0.3, 0.4) is 0 Å². The topological polar surface area (TPSA) is 73.9 Å². The fraction of sp³-hybridized carbons (Fsp3) is 0.600. The zero-order valence-electron chi connectivity index (χ0n) is 19.6. The SMILES string of the molecule is CCC1C2=C(CC(C)(C)CC2=O)Nc2ccccc2N1CC(=O)NCCN1CCOCC1. The van der Waals surface area contributed by atoms with Crippen molar-refractivity contribution >= 4 is 23.1 Å². The highest BCUT2D eigenvalue weighted by Crippen LogP contribution is 2.44. The van der Waals surface area contributed by atoms with E-state index in [0.717, 1.165) is 68.3 Å². The van der Waals surface area contributed by atoms with Crippen LogP contribution in [0.2, 0.25) is 0 Å². The number of ether oxygens (including phenoxy) is 1. The van der Waals surface area contributed by atoms with Gasteiger partial charge in [0.15, 0.2) is 5.78 Å². The number of ketones is 1. The van der Waals surface area contributed by atoms with E-state index < -0.39 is 0 Å². The van der Waals surface area contributed by atoms with Crippen LogP contribution in [-0.4, -0.2) is 68.6 Å². The van der Waals surface area contributed by atoms with Crippen molar-refractivity contribution in [2.24, 2.45) is 5.41 Å². The number of carbonyl (C=O) groups excluding carboxylic acids is 2. The lowest BCUT2D eigenvalue weighted by Gasteiger charge is -2.37. The lowest BCUT2D eigenvalue weighted by molar-refractivity contribution is -0.120. The van der Waals surface area contributed by atoms with E-state index in [1.54, 1.807) is 0 Å². The number of nitrogens with one attached hydrogen (secondary N) is 2. The molecule has 2 N–H and O–H groups in total. The zero-order chi connectivity index (χ0) is 22.7. The second kappa shape index (κ2) is 9.63. The van der Waals surface area contributed by atoms with Gasteiger partial charge in [-0.3, -0.25) is 14.5 Å². The lowest BCUT2D eigenvalue weighted by atomic mass is 9.74. The second-order valence-corrected chi connectivity index (χ2v) is 9.83. The van der Waals surface area contributed by atoms with E-state index in [0.29, 0.717) is 13.0 Å². The average molecular weight is 441 g/mol. The molecule has 7 heteroatoms. The molecule has 1 fully saturated rings. The molecule has 3 aliphatic rings. The van der Waals surface area contributed by atoms with E-state index in [1.807, 2.05) is 24.3 Å². The Morgan fingerprint density at radius 2 is 1.97 bits per heavy atom. The second-order valence-electron chi connectivity index (χ2n) is 9.83. The lowest BCUT2D eigenvalue weighted by Crippen LogP contribution is -2.47. The summed E-state index contributed by atoms with van der Waals surface area (Å²) in [4.78, 5) is 30.6. The molecule has 0 spiro atoms. The molecule has 0 bridgehead atoms. The van der Waals surface area contributed by atoms with Crippen LogP contribution >= 0.6 is 0 Å². The van der Waals surface area contributed by atoms with Crippen LogP contribution in [0.5, 0.6) is 0 Å². The van der Waals surface area contributed by atoms with Gasteiger partial charge in [-0.05, 0) is 30.4 Å². The van der Waals surface area contributed by atoms with Crippen molar-refractivity contribution in [3.63, 3.8) is 0 Å². The standard InChI is InChI=1S/C25H36N4O3/c1-4-20-24-19(15-25(2,3)16-22(24)30)27-18-7-5-6-8-21(18)29(20)17-23(31)26-9-10-28-11-13-32-14-12-28/h5-8,20,27H,4,9-17H2,1-3H3,(H,26,31). The van der Waals surface area contributed by atoms with Gasteiger partial charge in [0.2, 0.25) is 5.91 Å². The fourth-order valence-electron chi connectivity index (χ4n) is 5.16. The van der Waals surface area contributed by atoms with Crippen LogP contribution in [0.4, 0.5) is 11.4 Å². The first-order valence-electron chi connectivity index (χ1n) is 11.8. The molecule has 1 unspecified atom stereocenters. The Kier molecular flexibility index (Phi) is 6.86. The van der Waals surface area contributed by atoms with Crippen LogP contribution in [0, 0.1) is 5.41 Å². The predicted octanol–water partition coefficient (Wildman–Crippen LogP) is 2.79. The maximum atomic E-state index is 13.3. The number of rotatable bonds is 6. The minimum absolute atomic E-state index is 0.0147. The first kappa shape index (κ1) is 22.8. The number of Topliss-reactive ketones (excluding diaryl/α,β-unsaturated/α-hetero) is 1. The molecular weight excluding hydrogens is 404 g/mol. The third-order valence-corrected chi connectivity index (χ3v) is 6.68. The highest BCUT2D eigenvalue weighted by molar-refractivity contribution is 6.01. The van der Waals surface area contributed by atoms with Crippen LogP contribution in [0.25, 0.3) is 0 Å². The summed E-state index contributed by atoms with van der Waals surface area (Å²) in [5.74, 6) is 0.181. The van der Waals surface area contributed by atoms with Gasteiger partial charge in [-0.25, -0.2) is 0 Å². The van der Waals surface area contributed by atoms with Gasteiger partial charge in [0.25, 0.3) is 0 Å². The monoisotopic (exact) mass is 440 g/mol. The van der Waals surface area contributed by atoms with Gasteiger partial charge in [-0.1, -0.05) is 32.9 Å². The summed E-state index contributed by atoms with van der Waals surface area (Å²) < 4.78 is 5.39. The van der Waals surface area contributed by atoms with Crippen molar-refractivity contribution in [3.05, 3.63) is 35.5 Å². The van der Waals surface area contributed by atoms with Crippen molar-refractivity contribution in [2.75, 3.05) is 56.2 Å². The van der Waals surface area contributed by atoms with Crippen LogP contribution in [-0.2, 0) is 14.3 Å². The molecule has 32 heavy (non-hydrogen) atoms. The molecule has 2 heterocycles. The summed E-state index contributed by atoms with van der Waals surface area (Å²) in [6.45, 7) is 11.4. The summed E-state index contributed by atoms with van der Waals surface area (Å²) in [6, 6.07) is 7.95. The Bertz CT molecular complexity index is 889. The largest absolute Gasteiger partial charge is 0.379 e. The summed E-state index contributed by atoms with van der Waals surface area (Å²) >= 11 is 0. The smallest absolute Gasteiger partial charge is 0.239 e. The number of morpholine rings is 1. The number of hydrogen-bond acceptors (Lipinski definition) is 6. The average Bonchev–Trinajstić information content (AvgIpc) is 2.88. The number of amides is 1. The van der Waals surface area contributed by atoms with E-state index >= 15 is 0 Å². The Morgan fingerprint density at radius 1 is 1.22 bits per heavy atom. The van der Waals surface area contributed by atoms with Crippen molar-refractivity contribution in [2.45, 2.75) is 46.1 Å². The molecule has 1 aromatic carbocycles. The molecule has 0 aromatic heterocycles. The number of nitrogens with zero attached hydrogens (tertiary/aromatic N) is 2. The highest BCUT2D eigenvalue weighted by Gasteiger charge is 2.40. The molecular formula is C25H36N4O3. The molecule has 4 rings (SSSR count). The van der Waals surface area contributed by atoms with E-state index in [-0.39, 0.29) is 29.7 Å². The maximum absolute atomic E-state index is 13.3. The summed E-state index contributed by atoms with van der Waals surface area (Å²) in [7, 11) is 0. The summed E-state index contributed by atoms with van der Waals surface area (Å²) in [5.41, 5.74) is 3.73. The van der Waals surface area contributed by atoms with Gasteiger partial charge in [0.05, 0.1) is 37.2 Å². The number of benzene rings is 1. The molecule has 0 radical (unpaired) electrons. The van der Waals surface area contributed by atoms with E-state index in [4.69, 9.17) is 4.74 Å². The van der Waals surface area contributed by atoms with E-state index in [9.17, 15) is 9.59 Å². The highest BCUT2D eigenvalue weighted by atomic mass is 16.5. The molecule has 1 aromatic rings. The van der Waals surface area contributed by atoms with Gasteiger partial charge in [-0.15, -0.1) is 0 Å². The van der Waals surface area contributed by atoms with E-state index in [2.05, 4.69) is 41.2 Å². The van der Waals surface area contributed by atoms with Gasteiger partial charge >= 0.3 is 0 Å². The van der Waals surface area contributed by atoms with Gasteiger partial charge < -0.3 is 20.3 Å². The quantitative estimate of drug-likeness (QED) is 0.709. The summed E-state index contributed by atoms with van der Waals surface area (Å²) in [6.07, 6.45) is 2.14. The normalized spacial score (nSPS) is 23.2. The van der Waals surface area contributed by atoms with Crippen LogP contribution in [0.1, 0.15) is 40.0 Å². The first-order chi connectivity index (χ1) is 15.4. The third-order valence-electron chi connectivity index (χ3n) is 6.68. The number of fused-ring (bicyclic) bond motifs is 1. The summed E-state index contributed by atoms with van der Waals surface area (Å²) in [5, 5.41) is 6.65. The Morgan fingerprint density at radius 3 is 2.72 bits per heavy atom. The molecule has 1 amide bonds. The van der Waals surface area contributed by atoms with Crippen molar-refractivity contribution in [3.8, 4) is 0 Å². The molecule has 1 aliphatic carbocycles. The maximum Gasteiger partial charge on any atom is 0.239 e. The molecule has 0 saturated carbocycles. The molecule has 7 nitrogen and oxygen atoms in total. The molecule has 1 atom stereocenters. The first-order valence-corrected chi connectivity index (χ1v) is 11.8. The predicted molar refractivity (Wildman–Crippen MR) is 127 cm³/mol. The number of hydrogen-bond donors (Lipinski definition) is 2. The zero-order valence-corrected chi connectivity index (χ0v) is 19.6. The van der Waals surface area contributed by atoms with Gasteiger partial charge in [0.1, 0.15) is 0 Å². The molecule has 1 saturated heterocycles. The minimum Gasteiger partial charge on any atom is -0.379 e. The van der Waals surface area contributed by atoms with Gasteiger partial charge in [0, 0.05) is 43.9 Å². The van der Waals surface area contributed by atoms with Crippen LogP contribution in [0.15, 0.2) is 35.5 Å². The number of anilines is 2. The minimum atomic E-state index is -0.116. The number of carbonyl (C=O) groups is 2. The Balaban J connectivity index is 1.54. The van der Waals surface area contributed by atoms with Crippen molar-refractivity contribution < 1.29 is 14.3 Å². The fourth-order valence-corrected chi connectivity index (χ4v) is 5.16. The van der Waals surface area contributed by atoms with Crippen molar-refractivity contribution in [1.82, 2.24) is 10.2 Å². The van der Waals surface area contributed by atoms with Gasteiger partial charge in [-0.2, -0.15) is 0 Å². The van der Waals surface area contributed by atoms with E-state index in [1.165, 1.54) is 0 Å². The Hall–Kier alpha value is -2.38. The number of allylic oxidation sites excluding steroid dienone is 1. The number of para-hydroxylation sites is 2. The van der Waals surface area contributed by atoms with Crippen LogP contribution < -0.4 is 15.5 Å². The Labute approximate surface area is 191 Å². The third kappa shape index (κ3) is 4.99.